The molecule has 3 rings (SSSR count). The molecule has 0 spiro atoms. The first kappa shape index (κ1) is 13.7. The molecule has 0 saturated carbocycles. The molecule has 2 heterocycles. The Morgan fingerprint density at radius 3 is 2.43 bits per heavy atom. The standard InChI is InChI=1S/C16H20N4O/c1-2-13-14(17)15(19-18-13)16(21)20-9-7-11-5-3-4-6-12(11)8-10-20/h3-6H,2,7-10,17H2,1H3,(H,18,19). The molecule has 3 N–H and O–H groups in total. The lowest BCUT2D eigenvalue weighted by Gasteiger charge is -2.19. The first-order valence-corrected chi connectivity index (χ1v) is 7.39. The van der Waals surface area contributed by atoms with E-state index in [9.17, 15) is 4.79 Å². The summed E-state index contributed by atoms with van der Waals surface area (Å²) >= 11 is 0. The van der Waals surface area contributed by atoms with Crippen molar-refractivity contribution in [3.63, 3.8) is 0 Å². The number of nitrogens with one attached hydrogen (secondary N) is 1. The Kier molecular flexibility index (Phi) is 3.64. The van der Waals surface area contributed by atoms with E-state index in [0.717, 1.165) is 25.0 Å². The molecular formula is C16H20N4O. The molecule has 1 aromatic carbocycles. The Hall–Kier alpha value is -2.30. The number of aromatic nitrogens is 2. The zero-order chi connectivity index (χ0) is 14.8. The van der Waals surface area contributed by atoms with Gasteiger partial charge in [0.15, 0.2) is 5.69 Å². The van der Waals surface area contributed by atoms with Crippen LogP contribution in [0, 0.1) is 0 Å². The number of carbonyl (C=O) groups is 1. The van der Waals surface area contributed by atoms with E-state index in [1.165, 1.54) is 11.1 Å². The minimum Gasteiger partial charge on any atom is -0.395 e. The maximum atomic E-state index is 12.6. The van der Waals surface area contributed by atoms with Crippen molar-refractivity contribution >= 4 is 11.6 Å². The highest BCUT2D eigenvalue weighted by molar-refractivity contribution is 5.97. The van der Waals surface area contributed by atoms with Crippen molar-refractivity contribution in [2.24, 2.45) is 0 Å². The zero-order valence-electron chi connectivity index (χ0n) is 12.2. The predicted octanol–water partition coefficient (Wildman–Crippen LogP) is 1.80. The molecule has 0 atom stereocenters. The summed E-state index contributed by atoms with van der Waals surface area (Å²) in [4.78, 5) is 14.5. The molecule has 0 fully saturated rings. The van der Waals surface area contributed by atoms with Crippen LogP contribution in [0.1, 0.15) is 34.2 Å². The van der Waals surface area contributed by atoms with Gasteiger partial charge in [0, 0.05) is 13.1 Å². The zero-order valence-corrected chi connectivity index (χ0v) is 12.2. The van der Waals surface area contributed by atoms with Gasteiger partial charge in [-0.3, -0.25) is 9.89 Å². The van der Waals surface area contributed by atoms with E-state index >= 15 is 0 Å². The van der Waals surface area contributed by atoms with Crippen LogP contribution in [0.3, 0.4) is 0 Å². The molecule has 0 radical (unpaired) electrons. The fourth-order valence-electron chi connectivity index (χ4n) is 2.84. The van der Waals surface area contributed by atoms with E-state index in [1.807, 2.05) is 11.8 Å². The molecule has 5 heteroatoms. The summed E-state index contributed by atoms with van der Waals surface area (Å²) in [6.45, 7) is 3.41. The second-order valence-electron chi connectivity index (χ2n) is 5.38. The Labute approximate surface area is 124 Å². The molecule has 0 saturated heterocycles. The summed E-state index contributed by atoms with van der Waals surface area (Å²) in [6, 6.07) is 8.38. The van der Waals surface area contributed by atoms with E-state index in [-0.39, 0.29) is 5.91 Å². The van der Waals surface area contributed by atoms with Crippen LogP contribution in [-0.4, -0.2) is 34.1 Å². The second kappa shape index (κ2) is 5.60. The van der Waals surface area contributed by atoms with Gasteiger partial charge in [-0.1, -0.05) is 31.2 Å². The van der Waals surface area contributed by atoms with Gasteiger partial charge >= 0.3 is 0 Å². The lowest BCUT2D eigenvalue weighted by Crippen LogP contribution is -2.34. The van der Waals surface area contributed by atoms with Crippen LogP contribution in [0.25, 0.3) is 0 Å². The van der Waals surface area contributed by atoms with Crippen LogP contribution in [0.4, 0.5) is 5.69 Å². The number of nitrogen functional groups attached to an aromatic ring is 1. The van der Waals surface area contributed by atoms with Crippen molar-refractivity contribution in [1.29, 1.82) is 0 Å². The lowest BCUT2D eigenvalue weighted by atomic mass is 10.0. The monoisotopic (exact) mass is 284 g/mol. The van der Waals surface area contributed by atoms with Gasteiger partial charge in [-0.25, -0.2) is 0 Å². The average molecular weight is 284 g/mol. The number of carbonyl (C=O) groups excluding carboxylic acids is 1. The Bertz CT molecular complexity index is 635. The maximum Gasteiger partial charge on any atom is 0.276 e. The smallest absolute Gasteiger partial charge is 0.276 e. The molecule has 1 aromatic heterocycles. The number of benzene rings is 1. The number of aromatic amines is 1. The largest absolute Gasteiger partial charge is 0.395 e. The fraction of sp³-hybridized carbons (Fsp3) is 0.375. The van der Waals surface area contributed by atoms with E-state index in [0.29, 0.717) is 24.5 Å². The number of anilines is 1. The van der Waals surface area contributed by atoms with Gasteiger partial charge in [-0.2, -0.15) is 5.10 Å². The summed E-state index contributed by atoms with van der Waals surface area (Å²) < 4.78 is 0. The number of amides is 1. The molecule has 110 valence electrons. The number of rotatable bonds is 2. The van der Waals surface area contributed by atoms with Crippen LogP contribution in [0.5, 0.6) is 0 Å². The van der Waals surface area contributed by atoms with E-state index in [2.05, 4.69) is 34.5 Å². The van der Waals surface area contributed by atoms with Gasteiger partial charge in [-0.15, -0.1) is 0 Å². The number of fused-ring (bicyclic) bond motifs is 1. The maximum absolute atomic E-state index is 12.6. The van der Waals surface area contributed by atoms with E-state index in [1.54, 1.807) is 0 Å². The van der Waals surface area contributed by atoms with Crippen molar-refractivity contribution in [2.75, 3.05) is 18.8 Å². The molecule has 1 aliphatic heterocycles. The number of aryl methyl sites for hydroxylation is 1. The summed E-state index contributed by atoms with van der Waals surface area (Å²) in [7, 11) is 0. The van der Waals surface area contributed by atoms with Gasteiger partial charge in [0.1, 0.15) is 0 Å². The highest BCUT2D eigenvalue weighted by Crippen LogP contribution is 2.20. The van der Waals surface area contributed by atoms with Crippen molar-refractivity contribution in [3.05, 3.63) is 46.8 Å². The van der Waals surface area contributed by atoms with Crippen molar-refractivity contribution in [1.82, 2.24) is 15.1 Å². The summed E-state index contributed by atoms with van der Waals surface area (Å²) in [5, 5.41) is 6.95. The molecule has 21 heavy (non-hydrogen) atoms. The minimum absolute atomic E-state index is 0.0729. The molecule has 1 aliphatic rings. The third kappa shape index (κ3) is 2.51. The molecule has 0 aliphatic carbocycles. The van der Waals surface area contributed by atoms with Gasteiger partial charge in [0.25, 0.3) is 5.91 Å². The molecule has 1 amide bonds. The third-order valence-electron chi connectivity index (χ3n) is 4.15. The quantitative estimate of drug-likeness (QED) is 0.883. The number of hydrogen-bond acceptors (Lipinski definition) is 3. The molecule has 2 aromatic rings. The predicted molar refractivity (Wildman–Crippen MR) is 82.1 cm³/mol. The number of nitrogens with two attached hydrogens (primary N) is 1. The van der Waals surface area contributed by atoms with Gasteiger partial charge in [0.05, 0.1) is 11.4 Å². The van der Waals surface area contributed by atoms with Crippen LogP contribution >= 0.6 is 0 Å². The number of nitrogens with zero attached hydrogens (tertiary/aromatic N) is 2. The van der Waals surface area contributed by atoms with Crippen LogP contribution in [-0.2, 0) is 19.3 Å². The average Bonchev–Trinajstić information content (AvgIpc) is 2.75. The Balaban J connectivity index is 1.79. The van der Waals surface area contributed by atoms with Gasteiger partial charge in [0.2, 0.25) is 0 Å². The summed E-state index contributed by atoms with van der Waals surface area (Å²) in [6.07, 6.45) is 2.51. The van der Waals surface area contributed by atoms with Crippen LogP contribution in [0.2, 0.25) is 0 Å². The fourth-order valence-corrected chi connectivity index (χ4v) is 2.84. The second-order valence-corrected chi connectivity index (χ2v) is 5.38. The highest BCUT2D eigenvalue weighted by atomic mass is 16.2. The first-order chi connectivity index (χ1) is 10.2. The molecule has 0 unspecified atom stereocenters. The lowest BCUT2D eigenvalue weighted by molar-refractivity contribution is 0.0758. The third-order valence-corrected chi connectivity index (χ3v) is 4.15. The Morgan fingerprint density at radius 1 is 1.29 bits per heavy atom. The topological polar surface area (TPSA) is 75.0 Å². The normalized spacial score (nSPS) is 14.6. The van der Waals surface area contributed by atoms with Crippen molar-refractivity contribution < 1.29 is 4.79 Å². The minimum atomic E-state index is -0.0729. The van der Waals surface area contributed by atoms with Crippen LogP contribution < -0.4 is 5.73 Å². The SMILES string of the molecule is CCc1[nH]nc(C(=O)N2CCc3ccccc3CC2)c1N. The van der Waals surface area contributed by atoms with Crippen LogP contribution in [0.15, 0.2) is 24.3 Å². The Morgan fingerprint density at radius 2 is 1.90 bits per heavy atom. The number of hydrogen-bond donors (Lipinski definition) is 2. The van der Waals surface area contributed by atoms with Crippen molar-refractivity contribution in [2.45, 2.75) is 26.2 Å². The summed E-state index contributed by atoms with van der Waals surface area (Å²) in [5.74, 6) is -0.0729. The molecular weight excluding hydrogens is 264 g/mol. The summed E-state index contributed by atoms with van der Waals surface area (Å²) in [5.41, 5.74) is 10.3. The first-order valence-electron chi connectivity index (χ1n) is 7.39. The van der Waals surface area contributed by atoms with E-state index in [4.69, 9.17) is 5.73 Å². The van der Waals surface area contributed by atoms with E-state index < -0.39 is 0 Å². The molecule has 5 nitrogen and oxygen atoms in total. The number of H-pyrrole nitrogens is 1. The molecule has 0 bridgehead atoms. The highest BCUT2D eigenvalue weighted by Gasteiger charge is 2.24. The van der Waals surface area contributed by atoms with Gasteiger partial charge in [-0.05, 0) is 30.4 Å². The van der Waals surface area contributed by atoms with Gasteiger partial charge < -0.3 is 10.6 Å². The van der Waals surface area contributed by atoms with Crippen molar-refractivity contribution in [3.8, 4) is 0 Å².